The molecule has 3 aromatic rings. The van der Waals surface area contributed by atoms with E-state index >= 15 is 0 Å². The predicted octanol–water partition coefficient (Wildman–Crippen LogP) is 4.85. The van der Waals surface area contributed by atoms with Crippen LogP contribution in [-0.2, 0) is 19.4 Å². The van der Waals surface area contributed by atoms with Crippen LogP contribution in [0.3, 0.4) is 0 Å². The quantitative estimate of drug-likeness (QED) is 0.357. The molecular formula is C25H26Cl2N6O2. The molecule has 0 fully saturated rings. The van der Waals surface area contributed by atoms with E-state index in [1.807, 2.05) is 6.07 Å². The van der Waals surface area contributed by atoms with Crippen LogP contribution in [0, 0.1) is 5.41 Å². The summed E-state index contributed by atoms with van der Waals surface area (Å²) in [5, 5.41) is 7.18. The van der Waals surface area contributed by atoms with Crippen LogP contribution in [0.5, 0.6) is 0 Å². The van der Waals surface area contributed by atoms with E-state index in [0.717, 1.165) is 23.1 Å². The molecule has 0 atom stereocenters. The first-order chi connectivity index (χ1) is 16.6. The number of anilines is 3. The zero-order valence-electron chi connectivity index (χ0n) is 19.4. The van der Waals surface area contributed by atoms with E-state index in [1.54, 1.807) is 18.2 Å². The summed E-state index contributed by atoms with van der Waals surface area (Å²) >= 11 is 12.7. The zero-order valence-corrected chi connectivity index (χ0v) is 20.9. The summed E-state index contributed by atoms with van der Waals surface area (Å²) in [5.74, 6) is -0.200. The fourth-order valence-electron chi connectivity index (χ4n) is 4.33. The second-order valence-electron chi connectivity index (χ2n) is 9.37. The number of amides is 2. The van der Waals surface area contributed by atoms with Crippen molar-refractivity contribution in [3.63, 3.8) is 0 Å². The van der Waals surface area contributed by atoms with Gasteiger partial charge in [0.25, 0.3) is 5.91 Å². The second-order valence-corrected chi connectivity index (χ2v) is 10.2. The van der Waals surface area contributed by atoms with Gasteiger partial charge in [0.1, 0.15) is 11.6 Å². The average Bonchev–Trinajstić information content (AvgIpc) is 2.79. The normalized spacial score (nSPS) is 14.2. The van der Waals surface area contributed by atoms with Crippen LogP contribution in [-0.4, -0.2) is 21.8 Å². The summed E-state index contributed by atoms with van der Waals surface area (Å²) in [4.78, 5) is 33.0. The number of pyridine rings is 2. The van der Waals surface area contributed by atoms with Gasteiger partial charge in [-0.25, -0.2) is 4.98 Å². The van der Waals surface area contributed by atoms with E-state index in [9.17, 15) is 9.59 Å². The van der Waals surface area contributed by atoms with Crippen molar-refractivity contribution in [2.75, 3.05) is 10.6 Å². The minimum Gasteiger partial charge on any atom is -0.366 e. The molecule has 2 amide bonds. The van der Waals surface area contributed by atoms with E-state index in [4.69, 9.17) is 39.7 Å². The lowest BCUT2D eigenvalue weighted by Gasteiger charge is -2.34. The molecule has 2 aromatic heterocycles. The lowest BCUT2D eigenvalue weighted by atomic mass is 9.73. The Kier molecular flexibility index (Phi) is 6.87. The van der Waals surface area contributed by atoms with Gasteiger partial charge in [0.15, 0.2) is 0 Å². The van der Waals surface area contributed by atoms with Gasteiger partial charge in [-0.1, -0.05) is 49.2 Å². The van der Waals surface area contributed by atoms with Crippen LogP contribution in [0.25, 0.3) is 0 Å². The molecule has 4 rings (SSSR count). The first kappa shape index (κ1) is 24.8. The SMILES string of the molecule is CC1(C)CCc2c(Nc3c(Cl)cncc3Cl)nc(NCc3cccc(C(N)=O)c3)c(C(N)=O)c2C1. The first-order valence-corrected chi connectivity index (χ1v) is 11.9. The van der Waals surface area contributed by atoms with Gasteiger partial charge >= 0.3 is 0 Å². The molecule has 0 radical (unpaired) electrons. The van der Waals surface area contributed by atoms with Gasteiger partial charge in [-0.15, -0.1) is 0 Å². The maximum absolute atomic E-state index is 12.6. The third-order valence-corrected chi connectivity index (χ3v) is 6.71. The highest BCUT2D eigenvalue weighted by Gasteiger charge is 2.33. The molecule has 0 spiro atoms. The van der Waals surface area contributed by atoms with E-state index in [1.165, 1.54) is 12.4 Å². The molecule has 0 unspecified atom stereocenters. The fourth-order valence-corrected chi connectivity index (χ4v) is 4.79. The Hall–Kier alpha value is -3.36. The summed E-state index contributed by atoms with van der Waals surface area (Å²) in [5.41, 5.74) is 15.0. The van der Waals surface area contributed by atoms with Gasteiger partial charge in [-0.3, -0.25) is 14.6 Å². The van der Waals surface area contributed by atoms with Gasteiger partial charge < -0.3 is 22.1 Å². The number of carbonyl (C=O) groups is 2. The average molecular weight is 513 g/mol. The second kappa shape index (κ2) is 9.71. The molecule has 35 heavy (non-hydrogen) atoms. The fraction of sp³-hybridized carbons (Fsp3) is 0.280. The maximum atomic E-state index is 12.6. The highest BCUT2D eigenvalue weighted by atomic mass is 35.5. The summed E-state index contributed by atoms with van der Waals surface area (Å²) in [6.07, 6.45) is 5.27. The number of hydrogen-bond donors (Lipinski definition) is 4. The smallest absolute Gasteiger partial charge is 0.252 e. The Labute approximate surface area is 213 Å². The van der Waals surface area contributed by atoms with Crippen molar-refractivity contribution >= 4 is 52.3 Å². The molecule has 0 saturated heterocycles. The number of carbonyl (C=O) groups excluding carboxylic acids is 2. The van der Waals surface area contributed by atoms with Crippen molar-refractivity contribution in [2.24, 2.45) is 16.9 Å². The third kappa shape index (κ3) is 5.33. The number of nitrogens with two attached hydrogens (primary N) is 2. The van der Waals surface area contributed by atoms with Gasteiger partial charge in [-0.2, -0.15) is 0 Å². The van der Waals surface area contributed by atoms with Gasteiger partial charge in [0, 0.05) is 24.5 Å². The Balaban J connectivity index is 1.80. The Morgan fingerprint density at radius 2 is 1.77 bits per heavy atom. The van der Waals surface area contributed by atoms with Crippen molar-refractivity contribution in [1.29, 1.82) is 0 Å². The highest BCUT2D eigenvalue weighted by molar-refractivity contribution is 6.39. The minimum absolute atomic E-state index is 0.0190. The van der Waals surface area contributed by atoms with Crippen LogP contribution in [0.1, 0.15) is 57.7 Å². The molecule has 6 N–H and O–H groups in total. The number of nitrogens with one attached hydrogen (secondary N) is 2. The largest absolute Gasteiger partial charge is 0.366 e. The lowest BCUT2D eigenvalue weighted by molar-refractivity contribution is 0.0991. The molecule has 0 bridgehead atoms. The number of rotatable bonds is 7. The molecule has 182 valence electrons. The molecule has 2 heterocycles. The van der Waals surface area contributed by atoms with Gasteiger partial charge in [0.05, 0.1) is 21.3 Å². The van der Waals surface area contributed by atoms with Crippen molar-refractivity contribution in [2.45, 2.75) is 39.7 Å². The summed E-state index contributed by atoms with van der Waals surface area (Å²) in [6, 6.07) is 6.93. The zero-order chi connectivity index (χ0) is 25.3. The van der Waals surface area contributed by atoms with Crippen LogP contribution in [0.2, 0.25) is 10.0 Å². The Bertz CT molecular complexity index is 1310. The molecule has 0 aliphatic heterocycles. The number of benzene rings is 1. The van der Waals surface area contributed by atoms with Crippen molar-refractivity contribution in [3.8, 4) is 0 Å². The number of nitrogens with zero attached hydrogens (tertiary/aromatic N) is 2. The maximum Gasteiger partial charge on any atom is 0.252 e. The Morgan fingerprint density at radius 3 is 2.43 bits per heavy atom. The molecule has 0 saturated carbocycles. The topological polar surface area (TPSA) is 136 Å². The lowest BCUT2D eigenvalue weighted by Crippen LogP contribution is -2.28. The first-order valence-electron chi connectivity index (χ1n) is 11.1. The van der Waals surface area contributed by atoms with Crippen LogP contribution in [0.15, 0.2) is 36.7 Å². The van der Waals surface area contributed by atoms with E-state index < -0.39 is 11.8 Å². The number of primary amides is 2. The summed E-state index contributed by atoms with van der Waals surface area (Å²) < 4.78 is 0. The van der Waals surface area contributed by atoms with Crippen molar-refractivity contribution < 1.29 is 9.59 Å². The monoisotopic (exact) mass is 512 g/mol. The minimum atomic E-state index is -0.564. The number of fused-ring (bicyclic) bond motifs is 1. The van der Waals surface area contributed by atoms with Crippen molar-refractivity contribution in [3.05, 3.63) is 74.5 Å². The van der Waals surface area contributed by atoms with Gasteiger partial charge in [-0.05, 0) is 53.5 Å². The van der Waals surface area contributed by atoms with Gasteiger partial charge in [0.2, 0.25) is 5.91 Å². The van der Waals surface area contributed by atoms with Crippen molar-refractivity contribution in [1.82, 2.24) is 9.97 Å². The van der Waals surface area contributed by atoms with Crippen LogP contribution in [0.4, 0.5) is 17.3 Å². The third-order valence-electron chi connectivity index (χ3n) is 6.13. The van der Waals surface area contributed by atoms with E-state index in [-0.39, 0.29) is 5.41 Å². The molecule has 1 aromatic carbocycles. The van der Waals surface area contributed by atoms with E-state index in [2.05, 4.69) is 29.5 Å². The van der Waals surface area contributed by atoms with E-state index in [0.29, 0.717) is 57.9 Å². The molecule has 10 heteroatoms. The summed E-state index contributed by atoms with van der Waals surface area (Å²) in [7, 11) is 0. The standard InChI is InChI=1S/C25H26Cl2N6O2/c1-25(2)7-6-15-16(9-25)19(22(29)35)24(31-10-13-4-3-5-14(8-13)21(28)34)33-23(15)32-20-17(26)11-30-12-18(20)27/h3-5,8,11-12H,6-7,9-10H2,1-2H3,(H2,28,34)(H2,29,35)(H2,30,31,32,33). The molecular weight excluding hydrogens is 487 g/mol. The predicted molar refractivity (Wildman–Crippen MR) is 138 cm³/mol. The Morgan fingerprint density at radius 1 is 1.06 bits per heavy atom. The molecule has 8 nitrogen and oxygen atoms in total. The summed E-state index contributed by atoms with van der Waals surface area (Å²) in [6.45, 7) is 4.62. The number of aromatic nitrogens is 2. The van der Waals surface area contributed by atoms with Crippen LogP contribution < -0.4 is 22.1 Å². The number of halogens is 2. The number of hydrogen-bond acceptors (Lipinski definition) is 6. The molecule has 1 aliphatic rings. The van der Waals surface area contributed by atoms with Crippen LogP contribution >= 0.6 is 23.2 Å². The molecule has 1 aliphatic carbocycles. The highest BCUT2D eigenvalue weighted by Crippen LogP contribution is 2.42.